The first-order chi connectivity index (χ1) is 10.8. The van der Waals surface area contributed by atoms with Crippen LogP contribution in [-0.2, 0) is 4.74 Å². The van der Waals surface area contributed by atoms with E-state index in [0.717, 1.165) is 39.3 Å². The van der Waals surface area contributed by atoms with Crippen molar-refractivity contribution in [2.45, 2.75) is 19.4 Å². The Morgan fingerprint density at radius 3 is 2.64 bits per heavy atom. The second kappa shape index (κ2) is 6.30. The van der Waals surface area contributed by atoms with Crippen LogP contribution in [0.25, 0.3) is 11.3 Å². The van der Waals surface area contributed by atoms with E-state index in [0.29, 0.717) is 11.3 Å². The molecule has 0 radical (unpaired) electrons. The molecule has 1 unspecified atom stereocenters. The normalized spacial score (nSPS) is 17.5. The van der Waals surface area contributed by atoms with Crippen molar-refractivity contribution in [1.29, 1.82) is 0 Å². The molecule has 1 atom stereocenters. The van der Waals surface area contributed by atoms with Gasteiger partial charge in [-0.1, -0.05) is 13.3 Å². The number of rotatable bonds is 4. The summed E-state index contributed by atoms with van der Waals surface area (Å²) in [7, 11) is 0. The van der Waals surface area contributed by atoms with E-state index >= 15 is 0 Å². The predicted molar refractivity (Wildman–Crippen MR) is 82.6 cm³/mol. The summed E-state index contributed by atoms with van der Waals surface area (Å²) >= 11 is 0. The van der Waals surface area contributed by atoms with E-state index in [9.17, 15) is 4.79 Å². The van der Waals surface area contributed by atoms with Crippen molar-refractivity contribution >= 4 is 11.3 Å². The van der Waals surface area contributed by atoms with Crippen LogP contribution in [0, 0.1) is 12.5 Å². The first-order valence-electron chi connectivity index (χ1n) is 7.47. The number of imidazole rings is 1. The molecule has 116 valence electrons. The summed E-state index contributed by atoms with van der Waals surface area (Å²) in [6.45, 7) is 6.07. The lowest BCUT2D eigenvalue weighted by atomic mass is 10.2. The van der Waals surface area contributed by atoms with Crippen molar-refractivity contribution in [1.82, 2.24) is 24.0 Å². The number of hydrogen-bond donors (Lipinski definition) is 0. The van der Waals surface area contributed by atoms with Crippen LogP contribution in [0.1, 0.15) is 19.4 Å². The minimum Gasteiger partial charge on any atom is -0.379 e. The Morgan fingerprint density at radius 1 is 1.32 bits per heavy atom. The van der Waals surface area contributed by atoms with Crippen LogP contribution in [0.2, 0.25) is 0 Å². The summed E-state index contributed by atoms with van der Waals surface area (Å²) in [4.78, 5) is 23.4. The Kier molecular flexibility index (Phi) is 4.22. The summed E-state index contributed by atoms with van der Waals surface area (Å²) in [5, 5.41) is 0. The van der Waals surface area contributed by atoms with Gasteiger partial charge < -0.3 is 4.74 Å². The molecule has 0 saturated carbocycles. The van der Waals surface area contributed by atoms with Gasteiger partial charge in [0.25, 0.3) is 0 Å². The second-order valence-corrected chi connectivity index (χ2v) is 5.30. The fraction of sp³-hybridized carbons (Fsp3) is 0.533. The Hall–Kier alpha value is -2.17. The maximum atomic E-state index is 12.6. The summed E-state index contributed by atoms with van der Waals surface area (Å²) in [5.74, 6) is 0. The standard InChI is InChI=1S/C15H19N5O2/c1-3-12(11-18-7-9-22-10-8-18)20-14-13(16-5-6-17-14)19(4-2)15(20)21/h2,5-6,12H,3,7-11H2,1H3. The van der Waals surface area contributed by atoms with Crippen LogP contribution in [0.4, 0.5) is 0 Å². The predicted octanol–water partition coefficient (Wildman–Crippen LogP) is 0.315. The zero-order chi connectivity index (χ0) is 15.5. The number of fused-ring (bicyclic) bond motifs is 1. The van der Waals surface area contributed by atoms with Crippen molar-refractivity contribution in [2.75, 3.05) is 32.8 Å². The Labute approximate surface area is 128 Å². The molecule has 2 aromatic heterocycles. The third kappa shape index (κ3) is 2.51. The van der Waals surface area contributed by atoms with Crippen molar-refractivity contribution in [3.05, 3.63) is 22.9 Å². The highest BCUT2D eigenvalue weighted by Gasteiger charge is 2.23. The molecule has 1 saturated heterocycles. The average molecular weight is 301 g/mol. The van der Waals surface area contributed by atoms with Gasteiger partial charge in [0.2, 0.25) is 0 Å². The largest absolute Gasteiger partial charge is 0.379 e. The van der Waals surface area contributed by atoms with E-state index in [1.54, 1.807) is 17.0 Å². The molecule has 1 aliphatic heterocycles. The van der Waals surface area contributed by atoms with Crippen LogP contribution in [0.15, 0.2) is 17.2 Å². The topological polar surface area (TPSA) is 65.2 Å². The highest BCUT2D eigenvalue weighted by atomic mass is 16.5. The number of terminal acetylenes is 1. The minimum atomic E-state index is -0.246. The molecular weight excluding hydrogens is 282 g/mol. The molecule has 1 aliphatic rings. The number of hydrogen-bond acceptors (Lipinski definition) is 5. The molecule has 2 aromatic rings. The SMILES string of the molecule is C#Cn1c(=O)n(C(CC)CN2CCOCC2)c2nccnc21. The first-order valence-corrected chi connectivity index (χ1v) is 7.47. The van der Waals surface area contributed by atoms with E-state index < -0.39 is 0 Å². The van der Waals surface area contributed by atoms with Crippen LogP contribution in [0.3, 0.4) is 0 Å². The van der Waals surface area contributed by atoms with Gasteiger partial charge in [-0.05, 0) is 6.42 Å². The summed E-state index contributed by atoms with van der Waals surface area (Å²) < 4.78 is 8.28. The minimum absolute atomic E-state index is 0.0133. The second-order valence-electron chi connectivity index (χ2n) is 5.30. The molecule has 0 spiro atoms. The molecule has 7 heteroatoms. The maximum Gasteiger partial charge on any atom is 0.343 e. The van der Waals surface area contributed by atoms with E-state index in [2.05, 4.69) is 27.8 Å². The molecule has 7 nitrogen and oxygen atoms in total. The van der Waals surface area contributed by atoms with Crippen LogP contribution in [0.5, 0.6) is 0 Å². The lowest BCUT2D eigenvalue weighted by Gasteiger charge is -2.30. The van der Waals surface area contributed by atoms with Crippen molar-refractivity contribution in [3.63, 3.8) is 0 Å². The van der Waals surface area contributed by atoms with Crippen molar-refractivity contribution < 1.29 is 4.74 Å². The van der Waals surface area contributed by atoms with Crippen LogP contribution >= 0.6 is 0 Å². The number of ether oxygens (including phenoxy) is 1. The van der Waals surface area contributed by atoms with Crippen LogP contribution in [-0.4, -0.2) is 56.9 Å². The summed E-state index contributed by atoms with van der Waals surface area (Å²) in [5.41, 5.74) is 0.741. The highest BCUT2D eigenvalue weighted by Crippen LogP contribution is 2.17. The van der Waals surface area contributed by atoms with Crippen molar-refractivity contribution in [2.24, 2.45) is 0 Å². The van der Waals surface area contributed by atoms with Gasteiger partial charge in [-0.3, -0.25) is 9.47 Å². The number of morpholine rings is 1. The zero-order valence-electron chi connectivity index (χ0n) is 12.6. The summed E-state index contributed by atoms with van der Waals surface area (Å²) in [6, 6.07) is 2.40. The van der Waals surface area contributed by atoms with Gasteiger partial charge in [0.15, 0.2) is 11.3 Å². The van der Waals surface area contributed by atoms with Gasteiger partial charge in [0.05, 0.1) is 19.3 Å². The van der Waals surface area contributed by atoms with E-state index in [4.69, 9.17) is 11.2 Å². The maximum absolute atomic E-state index is 12.6. The third-order valence-electron chi connectivity index (χ3n) is 4.04. The molecular formula is C15H19N5O2. The molecule has 3 rings (SSSR count). The van der Waals surface area contributed by atoms with Gasteiger partial charge in [-0.25, -0.2) is 14.8 Å². The first kappa shape index (κ1) is 14.8. The molecule has 0 aromatic carbocycles. The number of nitrogens with zero attached hydrogens (tertiary/aromatic N) is 5. The Balaban J connectivity index is 2.01. The fourth-order valence-electron chi connectivity index (χ4n) is 2.86. The van der Waals surface area contributed by atoms with E-state index in [1.165, 1.54) is 4.57 Å². The summed E-state index contributed by atoms with van der Waals surface area (Å²) in [6.07, 6.45) is 9.41. The molecule has 0 N–H and O–H groups in total. The fourth-order valence-corrected chi connectivity index (χ4v) is 2.86. The molecule has 1 fully saturated rings. The van der Waals surface area contributed by atoms with Gasteiger partial charge >= 0.3 is 5.69 Å². The molecule has 22 heavy (non-hydrogen) atoms. The van der Waals surface area contributed by atoms with Gasteiger partial charge in [0.1, 0.15) is 0 Å². The lowest BCUT2D eigenvalue weighted by molar-refractivity contribution is 0.0312. The zero-order valence-corrected chi connectivity index (χ0v) is 12.6. The third-order valence-corrected chi connectivity index (χ3v) is 4.04. The average Bonchev–Trinajstić information content (AvgIpc) is 2.85. The van der Waals surface area contributed by atoms with E-state index in [1.807, 2.05) is 0 Å². The molecule has 3 heterocycles. The monoisotopic (exact) mass is 301 g/mol. The molecule has 0 bridgehead atoms. The van der Waals surface area contributed by atoms with Gasteiger partial charge in [0, 0.05) is 38.1 Å². The quantitative estimate of drug-likeness (QED) is 0.761. The van der Waals surface area contributed by atoms with E-state index in [-0.39, 0.29) is 11.7 Å². The smallest absolute Gasteiger partial charge is 0.343 e. The molecule has 0 amide bonds. The highest BCUT2D eigenvalue weighted by molar-refractivity contribution is 5.67. The Morgan fingerprint density at radius 2 is 2.00 bits per heavy atom. The van der Waals surface area contributed by atoms with Gasteiger partial charge in [-0.15, -0.1) is 0 Å². The Bertz CT molecular complexity index is 751. The number of aromatic nitrogens is 4. The van der Waals surface area contributed by atoms with Crippen molar-refractivity contribution in [3.8, 4) is 12.5 Å². The molecule has 0 aliphatic carbocycles. The van der Waals surface area contributed by atoms with Crippen LogP contribution < -0.4 is 5.69 Å². The van der Waals surface area contributed by atoms with Gasteiger partial charge in [-0.2, -0.15) is 4.57 Å². The lowest BCUT2D eigenvalue weighted by Crippen LogP contribution is -2.41.